The second kappa shape index (κ2) is 6.88. The molecule has 0 N–H and O–H groups in total. The number of halogens is 2. The number of rotatable bonds is 2. The van der Waals surface area contributed by atoms with Gasteiger partial charge in [-0.25, -0.2) is 9.97 Å². The summed E-state index contributed by atoms with van der Waals surface area (Å²) in [5, 5.41) is 2.47. The van der Waals surface area contributed by atoms with Crippen LogP contribution < -0.4 is 4.90 Å². The molecule has 0 spiro atoms. The van der Waals surface area contributed by atoms with Crippen LogP contribution in [0.15, 0.2) is 42.5 Å². The SMILES string of the molecule is Cc1ccc2nc(Cl)c(C3SCC(=O)N3c3nc4ccc(Cl)cc4s3)cc2c1. The number of aromatic nitrogens is 2. The second-order valence-electron chi connectivity index (χ2n) is 6.60. The van der Waals surface area contributed by atoms with Gasteiger partial charge in [0.05, 0.1) is 21.5 Å². The number of thiazole rings is 1. The first kappa shape index (κ1) is 18.2. The summed E-state index contributed by atoms with van der Waals surface area (Å²) in [5.74, 6) is 0.393. The molecule has 2 aromatic heterocycles. The number of anilines is 1. The van der Waals surface area contributed by atoms with Crippen molar-refractivity contribution in [1.82, 2.24) is 9.97 Å². The van der Waals surface area contributed by atoms with E-state index in [1.807, 2.05) is 37.3 Å². The number of carbonyl (C=O) groups is 1. The predicted molar refractivity (Wildman–Crippen MR) is 119 cm³/mol. The molecule has 1 fully saturated rings. The number of aryl methyl sites for hydroxylation is 1. The Balaban J connectivity index is 1.63. The molecule has 5 rings (SSSR count). The van der Waals surface area contributed by atoms with Crippen molar-refractivity contribution in [3.8, 4) is 0 Å². The zero-order valence-electron chi connectivity index (χ0n) is 14.6. The van der Waals surface area contributed by atoms with Crippen molar-refractivity contribution in [3.63, 3.8) is 0 Å². The third kappa shape index (κ3) is 3.05. The van der Waals surface area contributed by atoms with E-state index in [2.05, 4.69) is 16.0 Å². The van der Waals surface area contributed by atoms with Gasteiger partial charge in [0, 0.05) is 16.0 Å². The van der Waals surface area contributed by atoms with Crippen molar-refractivity contribution < 1.29 is 4.79 Å². The minimum Gasteiger partial charge on any atom is -0.273 e. The zero-order chi connectivity index (χ0) is 19.4. The fraction of sp³-hybridized carbons (Fsp3) is 0.150. The lowest BCUT2D eigenvalue weighted by atomic mass is 10.1. The number of fused-ring (bicyclic) bond motifs is 2. The largest absolute Gasteiger partial charge is 0.273 e. The summed E-state index contributed by atoms with van der Waals surface area (Å²) in [6, 6.07) is 13.6. The van der Waals surface area contributed by atoms with Crippen LogP contribution in [0.2, 0.25) is 10.2 Å². The highest BCUT2D eigenvalue weighted by Crippen LogP contribution is 2.46. The van der Waals surface area contributed by atoms with Gasteiger partial charge in [-0.3, -0.25) is 9.69 Å². The van der Waals surface area contributed by atoms with Gasteiger partial charge in [0.1, 0.15) is 10.5 Å². The maximum absolute atomic E-state index is 12.7. The van der Waals surface area contributed by atoms with E-state index in [0.717, 1.165) is 32.2 Å². The standard InChI is InChI=1S/C20H13Cl2N3OS2/c1-10-2-4-14-11(6-10)7-13(18(22)23-14)19-25(17(26)9-27-19)20-24-15-5-3-12(21)8-16(15)28-20/h2-8,19H,9H2,1H3. The Morgan fingerprint density at radius 3 is 2.75 bits per heavy atom. The number of pyridine rings is 1. The number of benzene rings is 2. The fourth-order valence-corrected chi connectivity index (χ4v) is 6.15. The summed E-state index contributed by atoms with van der Waals surface area (Å²) in [6.07, 6.45) is 0. The molecule has 0 radical (unpaired) electrons. The van der Waals surface area contributed by atoms with Crippen molar-refractivity contribution in [2.75, 3.05) is 10.7 Å². The van der Waals surface area contributed by atoms with E-state index in [9.17, 15) is 4.79 Å². The monoisotopic (exact) mass is 445 g/mol. The minimum absolute atomic E-state index is 0.0144. The summed E-state index contributed by atoms with van der Waals surface area (Å²) in [6.45, 7) is 2.04. The Labute approximate surface area is 179 Å². The van der Waals surface area contributed by atoms with Crippen LogP contribution in [0.4, 0.5) is 5.13 Å². The molecule has 4 nitrogen and oxygen atoms in total. The van der Waals surface area contributed by atoms with E-state index in [0.29, 0.717) is 21.1 Å². The van der Waals surface area contributed by atoms with Crippen molar-refractivity contribution in [1.29, 1.82) is 0 Å². The van der Waals surface area contributed by atoms with Gasteiger partial charge in [-0.15, -0.1) is 11.8 Å². The van der Waals surface area contributed by atoms with Gasteiger partial charge in [0.2, 0.25) is 5.91 Å². The zero-order valence-corrected chi connectivity index (χ0v) is 17.8. The Bertz CT molecular complexity index is 1260. The van der Waals surface area contributed by atoms with Gasteiger partial charge >= 0.3 is 0 Å². The molecule has 1 amide bonds. The average molecular weight is 446 g/mol. The van der Waals surface area contributed by atoms with Crippen molar-refractivity contribution in [2.24, 2.45) is 0 Å². The molecule has 1 saturated heterocycles. The number of carbonyl (C=O) groups excluding carboxylic acids is 1. The number of amides is 1. The molecule has 8 heteroatoms. The second-order valence-corrected chi connectivity index (χ2v) is 9.47. The van der Waals surface area contributed by atoms with E-state index < -0.39 is 0 Å². The van der Waals surface area contributed by atoms with Crippen LogP contribution in [0.3, 0.4) is 0 Å². The molecule has 3 heterocycles. The van der Waals surface area contributed by atoms with Crippen molar-refractivity contribution in [3.05, 3.63) is 63.8 Å². The summed E-state index contributed by atoms with van der Waals surface area (Å²) in [7, 11) is 0. The Morgan fingerprint density at radius 2 is 1.89 bits per heavy atom. The van der Waals surface area contributed by atoms with Crippen molar-refractivity contribution >= 4 is 78.5 Å². The van der Waals surface area contributed by atoms with Crippen LogP contribution in [0.5, 0.6) is 0 Å². The molecule has 0 aliphatic carbocycles. The highest BCUT2D eigenvalue weighted by molar-refractivity contribution is 8.00. The first-order valence-electron chi connectivity index (χ1n) is 8.56. The molecule has 1 aliphatic rings. The summed E-state index contributed by atoms with van der Waals surface area (Å²) >= 11 is 15.6. The minimum atomic E-state index is -0.256. The van der Waals surface area contributed by atoms with Crippen LogP contribution in [0.25, 0.3) is 21.1 Å². The maximum atomic E-state index is 12.7. The lowest BCUT2D eigenvalue weighted by Crippen LogP contribution is -2.27. The predicted octanol–water partition coefficient (Wildman–Crippen LogP) is 6.24. The normalized spacial score (nSPS) is 17.2. The molecule has 1 aliphatic heterocycles. The molecule has 0 saturated carbocycles. The van der Waals surface area contributed by atoms with Crippen LogP contribution in [-0.4, -0.2) is 21.6 Å². The van der Waals surface area contributed by atoms with Gasteiger partial charge in [0.25, 0.3) is 0 Å². The van der Waals surface area contributed by atoms with E-state index >= 15 is 0 Å². The smallest absolute Gasteiger partial charge is 0.240 e. The summed E-state index contributed by atoms with van der Waals surface area (Å²) in [5.41, 5.74) is 3.64. The third-order valence-electron chi connectivity index (χ3n) is 4.63. The lowest BCUT2D eigenvalue weighted by molar-refractivity contribution is -0.115. The van der Waals surface area contributed by atoms with Crippen LogP contribution in [0.1, 0.15) is 16.5 Å². The highest BCUT2D eigenvalue weighted by Gasteiger charge is 2.37. The molecule has 1 atom stereocenters. The Morgan fingerprint density at radius 1 is 1.07 bits per heavy atom. The quantitative estimate of drug-likeness (QED) is 0.342. The fourth-order valence-electron chi connectivity index (χ4n) is 3.31. The topological polar surface area (TPSA) is 46.1 Å². The van der Waals surface area contributed by atoms with Crippen LogP contribution in [-0.2, 0) is 4.79 Å². The van der Waals surface area contributed by atoms with Gasteiger partial charge in [-0.2, -0.15) is 0 Å². The maximum Gasteiger partial charge on any atom is 0.240 e. The van der Waals surface area contributed by atoms with Crippen molar-refractivity contribution in [2.45, 2.75) is 12.3 Å². The average Bonchev–Trinajstić information content (AvgIpc) is 3.24. The van der Waals surface area contributed by atoms with Gasteiger partial charge in [-0.1, -0.05) is 46.2 Å². The Hall–Kier alpha value is -1.86. The molecule has 2 aromatic carbocycles. The number of hydrogen-bond acceptors (Lipinski definition) is 5. The number of hydrogen-bond donors (Lipinski definition) is 0. The van der Waals surface area contributed by atoms with Crippen LogP contribution in [0, 0.1) is 6.92 Å². The number of thioether (sulfide) groups is 1. The van der Waals surface area contributed by atoms with E-state index in [-0.39, 0.29) is 11.3 Å². The summed E-state index contributed by atoms with van der Waals surface area (Å²) in [4.78, 5) is 23.6. The molecular weight excluding hydrogens is 433 g/mol. The van der Waals surface area contributed by atoms with Crippen LogP contribution >= 0.6 is 46.3 Å². The Kier molecular flexibility index (Phi) is 4.47. The van der Waals surface area contributed by atoms with Gasteiger partial charge in [0.15, 0.2) is 5.13 Å². The highest BCUT2D eigenvalue weighted by atomic mass is 35.5. The molecular formula is C20H13Cl2N3OS2. The molecule has 4 aromatic rings. The molecule has 0 bridgehead atoms. The molecule has 140 valence electrons. The first-order valence-corrected chi connectivity index (χ1v) is 11.2. The first-order chi connectivity index (χ1) is 13.5. The van der Waals surface area contributed by atoms with E-state index in [1.165, 1.54) is 23.1 Å². The van der Waals surface area contributed by atoms with E-state index in [1.54, 1.807) is 11.0 Å². The van der Waals surface area contributed by atoms with Gasteiger partial charge < -0.3 is 0 Å². The number of nitrogens with zero attached hydrogens (tertiary/aromatic N) is 3. The summed E-state index contributed by atoms with van der Waals surface area (Å²) < 4.78 is 0.948. The van der Waals surface area contributed by atoms with Gasteiger partial charge in [-0.05, 0) is 43.3 Å². The molecule has 28 heavy (non-hydrogen) atoms. The third-order valence-corrected chi connectivity index (χ3v) is 7.38. The lowest BCUT2D eigenvalue weighted by Gasteiger charge is -2.22. The molecule has 1 unspecified atom stereocenters. The van der Waals surface area contributed by atoms with E-state index in [4.69, 9.17) is 23.2 Å².